The van der Waals surface area contributed by atoms with Crippen molar-refractivity contribution in [1.29, 1.82) is 0 Å². The molecular weight excluding hydrogens is 286 g/mol. The van der Waals surface area contributed by atoms with Crippen molar-refractivity contribution < 1.29 is 8.98 Å². The summed E-state index contributed by atoms with van der Waals surface area (Å²) < 4.78 is 18.2. The van der Waals surface area contributed by atoms with Crippen molar-refractivity contribution in [3.63, 3.8) is 0 Å². The highest BCUT2D eigenvalue weighted by Gasteiger charge is 2.23. The monoisotopic (exact) mass is 298 g/mol. The summed E-state index contributed by atoms with van der Waals surface area (Å²) in [6.07, 6.45) is 1.38. The molecule has 0 saturated heterocycles. The van der Waals surface area contributed by atoms with E-state index in [1.807, 2.05) is 26.0 Å². The van der Waals surface area contributed by atoms with E-state index in [0.29, 0.717) is 17.8 Å². The molecule has 0 spiro atoms. The molecule has 68 valence electrons. The Morgan fingerprint density at radius 3 is 2.33 bits per heavy atom. The Labute approximate surface area is 86.2 Å². The van der Waals surface area contributed by atoms with Gasteiger partial charge < -0.3 is 8.98 Å². The maximum Gasteiger partial charge on any atom is 0.164 e. The minimum absolute atomic E-state index is 0.678. The maximum atomic E-state index is 12.1. The third-order valence-electron chi connectivity index (χ3n) is 1.98. The Balaban J connectivity index is 3.03. The standard InChI is InChI=1S/C8H12IO2P/c1-3-12(10,4-2)8-6-5-7(9)11-8/h5-6H,3-4H2,1-2H3. The van der Waals surface area contributed by atoms with Gasteiger partial charge in [-0.15, -0.1) is 0 Å². The first-order chi connectivity index (χ1) is 5.62. The third kappa shape index (κ3) is 1.94. The summed E-state index contributed by atoms with van der Waals surface area (Å²) in [6.45, 7) is 3.89. The van der Waals surface area contributed by atoms with Crippen molar-refractivity contribution >= 4 is 35.2 Å². The third-order valence-corrected chi connectivity index (χ3v) is 5.65. The summed E-state index contributed by atoms with van der Waals surface area (Å²) in [7, 11) is -2.18. The van der Waals surface area contributed by atoms with Crippen LogP contribution in [0.3, 0.4) is 0 Å². The van der Waals surface area contributed by atoms with Crippen molar-refractivity contribution in [2.45, 2.75) is 13.8 Å². The molecule has 12 heavy (non-hydrogen) atoms. The van der Waals surface area contributed by atoms with Gasteiger partial charge in [-0.3, -0.25) is 0 Å². The van der Waals surface area contributed by atoms with Crippen molar-refractivity contribution in [2.24, 2.45) is 0 Å². The van der Waals surface area contributed by atoms with Gasteiger partial charge in [0, 0.05) is 12.3 Å². The fourth-order valence-electron chi connectivity index (χ4n) is 1.06. The van der Waals surface area contributed by atoms with Gasteiger partial charge >= 0.3 is 0 Å². The van der Waals surface area contributed by atoms with Gasteiger partial charge in [-0.1, -0.05) is 13.8 Å². The van der Waals surface area contributed by atoms with Crippen LogP contribution in [0.4, 0.5) is 0 Å². The van der Waals surface area contributed by atoms with E-state index in [2.05, 4.69) is 22.6 Å². The second-order valence-corrected chi connectivity index (χ2v) is 7.15. The van der Waals surface area contributed by atoms with Gasteiger partial charge in [-0.05, 0) is 34.7 Å². The van der Waals surface area contributed by atoms with Crippen molar-refractivity contribution in [3.8, 4) is 0 Å². The fourth-order valence-corrected chi connectivity index (χ4v) is 3.33. The molecule has 0 bridgehead atoms. The average Bonchev–Trinajstić information content (AvgIpc) is 2.51. The Bertz CT molecular complexity index is 298. The number of furan rings is 1. The largest absolute Gasteiger partial charge is 0.447 e. The van der Waals surface area contributed by atoms with Crippen LogP contribution in [0.1, 0.15) is 13.8 Å². The minimum Gasteiger partial charge on any atom is -0.447 e. The molecule has 2 nitrogen and oxygen atoms in total. The van der Waals surface area contributed by atoms with Gasteiger partial charge in [0.25, 0.3) is 0 Å². The predicted octanol–water partition coefficient (Wildman–Crippen LogP) is 2.91. The van der Waals surface area contributed by atoms with Crippen LogP contribution in [-0.4, -0.2) is 12.3 Å². The van der Waals surface area contributed by atoms with E-state index >= 15 is 0 Å². The summed E-state index contributed by atoms with van der Waals surface area (Å²) in [5.41, 5.74) is 0.678. The average molecular weight is 298 g/mol. The molecule has 1 rings (SSSR count). The van der Waals surface area contributed by atoms with Gasteiger partial charge in [0.15, 0.2) is 9.27 Å². The van der Waals surface area contributed by atoms with Crippen LogP contribution in [0.5, 0.6) is 0 Å². The normalized spacial score (nSPS) is 11.9. The molecule has 0 fully saturated rings. The van der Waals surface area contributed by atoms with E-state index in [0.717, 1.165) is 3.77 Å². The molecule has 0 aliphatic rings. The Hall–Kier alpha value is 0.240. The molecule has 0 N–H and O–H groups in total. The van der Waals surface area contributed by atoms with Crippen LogP contribution in [0, 0.1) is 3.77 Å². The van der Waals surface area contributed by atoms with Crippen molar-refractivity contribution in [3.05, 3.63) is 15.9 Å². The zero-order valence-electron chi connectivity index (χ0n) is 7.21. The Kier molecular flexibility index (Phi) is 3.41. The molecule has 0 radical (unpaired) electrons. The van der Waals surface area contributed by atoms with Gasteiger partial charge in [0.05, 0.1) is 0 Å². The van der Waals surface area contributed by atoms with Gasteiger partial charge in [-0.2, -0.15) is 0 Å². The van der Waals surface area contributed by atoms with E-state index in [4.69, 9.17) is 4.42 Å². The van der Waals surface area contributed by atoms with Crippen LogP contribution in [0.25, 0.3) is 0 Å². The molecule has 1 heterocycles. The highest BCUT2D eigenvalue weighted by atomic mass is 127. The summed E-state index contributed by atoms with van der Waals surface area (Å²) >= 11 is 2.09. The lowest BCUT2D eigenvalue weighted by atomic mass is 10.7. The van der Waals surface area contributed by atoms with E-state index < -0.39 is 7.14 Å². The van der Waals surface area contributed by atoms with Crippen molar-refractivity contribution in [2.75, 3.05) is 12.3 Å². The highest BCUT2D eigenvalue weighted by Crippen LogP contribution is 2.43. The summed E-state index contributed by atoms with van der Waals surface area (Å²) in [6, 6.07) is 3.68. The number of rotatable bonds is 3. The molecule has 0 amide bonds. The van der Waals surface area contributed by atoms with E-state index in [1.165, 1.54) is 0 Å². The van der Waals surface area contributed by atoms with Gasteiger partial charge in [0.2, 0.25) is 0 Å². The second kappa shape index (κ2) is 3.97. The zero-order chi connectivity index (χ0) is 9.19. The summed E-state index contributed by atoms with van der Waals surface area (Å²) in [5, 5.41) is 0. The van der Waals surface area contributed by atoms with E-state index in [-0.39, 0.29) is 0 Å². The van der Waals surface area contributed by atoms with E-state index in [1.54, 1.807) is 0 Å². The van der Waals surface area contributed by atoms with Gasteiger partial charge in [-0.25, -0.2) is 0 Å². The minimum atomic E-state index is -2.18. The maximum absolute atomic E-state index is 12.1. The van der Waals surface area contributed by atoms with Crippen LogP contribution in [0.2, 0.25) is 0 Å². The van der Waals surface area contributed by atoms with Crippen LogP contribution in [0.15, 0.2) is 16.5 Å². The zero-order valence-corrected chi connectivity index (χ0v) is 10.3. The number of halogens is 1. The predicted molar refractivity (Wildman–Crippen MR) is 59.7 cm³/mol. The van der Waals surface area contributed by atoms with Gasteiger partial charge in [0.1, 0.15) is 7.14 Å². The van der Waals surface area contributed by atoms with Crippen LogP contribution < -0.4 is 5.50 Å². The van der Waals surface area contributed by atoms with Crippen LogP contribution >= 0.6 is 29.7 Å². The molecule has 0 aliphatic carbocycles. The Morgan fingerprint density at radius 2 is 2.00 bits per heavy atom. The topological polar surface area (TPSA) is 30.2 Å². The van der Waals surface area contributed by atoms with Crippen LogP contribution in [-0.2, 0) is 4.57 Å². The first-order valence-corrected chi connectivity index (χ1v) is 7.12. The number of hydrogen-bond acceptors (Lipinski definition) is 2. The molecule has 1 aromatic rings. The molecule has 1 aromatic heterocycles. The fraction of sp³-hybridized carbons (Fsp3) is 0.500. The first kappa shape index (κ1) is 10.3. The SMILES string of the molecule is CCP(=O)(CC)c1ccc(I)o1. The summed E-state index contributed by atoms with van der Waals surface area (Å²) in [5.74, 6) is 0. The lowest BCUT2D eigenvalue weighted by Gasteiger charge is -2.09. The smallest absolute Gasteiger partial charge is 0.164 e. The molecule has 0 unspecified atom stereocenters. The second-order valence-electron chi connectivity index (χ2n) is 2.60. The molecule has 0 saturated carbocycles. The lowest BCUT2D eigenvalue weighted by Crippen LogP contribution is -2.05. The molecule has 4 heteroatoms. The first-order valence-electron chi connectivity index (χ1n) is 3.96. The molecule has 0 aliphatic heterocycles. The molecule has 0 aromatic carbocycles. The van der Waals surface area contributed by atoms with E-state index in [9.17, 15) is 4.57 Å². The Morgan fingerprint density at radius 1 is 1.42 bits per heavy atom. The highest BCUT2D eigenvalue weighted by molar-refractivity contribution is 14.1. The molecular formula is C8H12IO2P. The summed E-state index contributed by atoms with van der Waals surface area (Å²) in [4.78, 5) is 0. The van der Waals surface area contributed by atoms with Crippen molar-refractivity contribution in [1.82, 2.24) is 0 Å². The molecule has 0 atom stereocenters. The number of hydrogen-bond donors (Lipinski definition) is 0. The lowest BCUT2D eigenvalue weighted by molar-refractivity contribution is 0.545. The quantitative estimate of drug-likeness (QED) is 0.634.